The maximum absolute atomic E-state index is 11.5. The number of carboxylic acid groups (broad SMARTS) is 1. The van der Waals surface area contributed by atoms with Crippen LogP contribution < -0.4 is 5.32 Å². The predicted molar refractivity (Wildman–Crippen MR) is 47.2 cm³/mol. The van der Waals surface area contributed by atoms with Crippen LogP contribution in [-0.4, -0.2) is 23.0 Å². The molecule has 0 radical (unpaired) electrons. The van der Waals surface area contributed by atoms with Gasteiger partial charge in [0.25, 0.3) is 0 Å². The van der Waals surface area contributed by atoms with E-state index >= 15 is 0 Å². The highest BCUT2D eigenvalue weighted by Crippen LogP contribution is 2.36. The Kier molecular flexibility index (Phi) is 2.59. The van der Waals surface area contributed by atoms with Crippen LogP contribution in [0.1, 0.15) is 33.1 Å². The van der Waals surface area contributed by atoms with E-state index in [1.807, 2.05) is 13.8 Å². The molecule has 2 N–H and O–H groups in total. The Morgan fingerprint density at radius 2 is 2.15 bits per heavy atom. The van der Waals surface area contributed by atoms with E-state index in [1.165, 1.54) is 0 Å². The summed E-state index contributed by atoms with van der Waals surface area (Å²) in [5, 5.41) is 11.2. The lowest BCUT2D eigenvalue weighted by Gasteiger charge is -2.21. The second-order valence-electron chi connectivity index (χ2n) is 3.56. The number of rotatable bonds is 3. The molecule has 1 amide bonds. The van der Waals surface area contributed by atoms with Crippen molar-refractivity contribution in [3.63, 3.8) is 0 Å². The van der Waals surface area contributed by atoms with Gasteiger partial charge in [-0.15, -0.1) is 0 Å². The summed E-state index contributed by atoms with van der Waals surface area (Å²) in [4.78, 5) is 22.2. The van der Waals surface area contributed by atoms with Crippen molar-refractivity contribution in [3.8, 4) is 0 Å². The zero-order valence-corrected chi connectivity index (χ0v) is 7.96. The lowest BCUT2D eigenvalue weighted by Crippen LogP contribution is -2.34. The summed E-state index contributed by atoms with van der Waals surface area (Å²) in [5.74, 6) is -1.04. The summed E-state index contributed by atoms with van der Waals surface area (Å²) in [5.41, 5.74) is -0.441. The molecule has 1 rings (SSSR count). The molecule has 0 aromatic carbocycles. The van der Waals surface area contributed by atoms with Crippen molar-refractivity contribution in [3.05, 3.63) is 0 Å². The molecular formula is C9H15NO3. The first-order valence-electron chi connectivity index (χ1n) is 4.59. The van der Waals surface area contributed by atoms with E-state index in [1.54, 1.807) is 0 Å². The quantitative estimate of drug-likeness (QED) is 0.682. The van der Waals surface area contributed by atoms with Gasteiger partial charge in [-0.3, -0.25) is 4.79 Å². The van der Waals surface area contributed by atoms with Crippen molar-refractivity contribution < 1.29 is 14.7 Å². The third-order valence-electron chi connectivity index (χ3n) is 3.03. The Morgan fingerprint density at radius 1 is 1.62 bits per heavy atom. The molecule has 4 heteroatoms. The number of hydrogen-bond donors (Lipinski definition) is 2. The van der Waals surface area contributed by atoms with Crippen molar-refractivity contribution in [2.75, 3.05) is 0 Å². The van der Waals surface area contributed by atoms with Crippen LogP contribution in [0.5, 0.6) is 0 Å². The van der Waals surface area contributed by atoms with Gasteiger partial charge in [0.15, 0.2) is 0 Å². The van der Waals surface area contributed by atoms with Gasteiger partial charge in [0.2, 0.25) is 5.91 Å². The Labute approximate surface area is 77.3 Å². The summed E-state index contributed by atoms with van der Waals surface area (Å²) in [6.45, 7) is 3.85. The molecule has 0 aromatic heterocycles. The summed E-state index contributed by atoms with van der Waals surface area (Å²) in [6.07, 6.45) is 1.84. The fourth-order valence-corrected chi connectivity index (χ4v) is 1.85. The molecule has 0 aliphatic carbocycles. The third-order valence-corrected chi connectivity index (χ3v) is 3.03. The Hall–Kier alpha value is -1.06. The molecule has 4 nitrogen and oxygen atoms in total. The van der Waals surface area contributed by atoms with E-state index in [2.05, 4.69) is 5.32 Å². The van der Waals surface area contributed by atoms with Gasteiger partial charge in [-0.2, -0.15) is 0 Å². The van der Waals surface area contributed by atoms with Crippen LogP contribution in [0.4, 0.5) is 0 Å². The van der Waals surface area contributed by atoms with Gasteiger partial charge in [-0.1, -0.05) is 13.8 Å². The fourth-order valence-electron chi connectivity index (χ4n) is 1.85. The number of amides is 1. The van der Waals surface area contributed by atoms with Gasteiger partial charge >= 0.3 is 5.97 Å². The Morgan fingerprint density at radius 3 is 2.38 bits per heavy atom. The highest BCUT2D eigenvalue weighted by atomic mass is 16.4. The number of carbonyl (C=O) groups excluding carboxylic acids is 1. The molecule has 1 fully saturated rings. The highest BCUT2D eigenvalue weighted by molar-refractivity contribution is 5.91. The smallest absolute Gasteiger partial charge is 0.326 e. The lowest BCUT2D eigenvalue weighted by molar-refractivity contribution is -0.140. The first-order valence-corrected chi connectivity index (χ1v) is 4.59. The first kappa shape index (κ1) is 10.0. The summed E-state index contributed by atoms with van der Waals surface area (Å²) in [6, 6.07) is -0.688. The Bertz CT molecular complexity index is 233. The summed E-state index contributed by atoms with van der Waals surface area (Å²) in [7, 11) is 0. The molecule has 1 saturated heterocycles. The number of carboxylic acids is 1. The maximum Gasteiger partial charge on any atom is 0.326 e. The minimum Gasteiger partial charge on any atom is -0.480 e. The van der Waals surface area contributed by atoms with E-state index in [9.17, 15) is 9.59 Å². The average molecular weight is 185 g/mol. The predicted octanol–water partition coefficient (Wildman–Crippen LogP) is 0.766. The van der Waals surface area contributed by atoms with Crippen LogP contribution in [0.3, 0.4) is 0 Å². The molecule has 0 saturated carbocycles. The molecular weight excluding hydrogens is 170 g/mol. The number of nitrogens with one attached hydrogen (secondary N) is 1. The van der Waals surface area contributed by atoms with E-state index in [0.29, 0.717) is 19.3 Å². The van der Waals surface area contributed by atoms with Gasteiger partial charge in [0.1, 0.15) is 6.04 Å². The zero-order valence-electron chi connectivity index (χ0n) is 7.96. The highest BCUT2D eigenvalue weighted by Gasteiger charge is 2.46. The monoisotopic (exact) mass is 185 g/mol. The van der Waals surface area contributed by atoms with Crippen LogP contribution in [0.25, 0.3) is 0 Å². The topological polar surface area (TPSA) is 66.4 Å². The Balaban J connectivity index is 2.81. The van der Waals surface area contributed by atoms with Gasteiger partial charge in [0, 0.05) is 0 Å². The molecule has 1 aliphatic rings. The molecule has 1 aliphatic heterocycles. The van der Waals surface area contributed by atoms with Crippen molar-refractivity contribution in [1.29, 1.82) is 0 Å². The van der Waals surface area contributed by atoms with Crippen molar-refractivity contribution in [2.24, 2.45) is 5.41 Å². The molecule has 0 aromatic rings. The van der Waals surface area contributed by atoms with Crippen LogP contribution in [0.2, 0.25) is 0 Å². The SMILES string of the molecule is CCC1(CC)C[C@@H](C(=O)O)NC1=O. The van der Waals surface area contributed by atoms with Crippen LogP contribution in [0.15, 0.2) is 0 Å². The normalized spacial score (nSPS) is 25.7. The third kappa shape index (κ3) is 1.53. The molecule has 1 atom stereocenters. The molecule has 13 heavy (non-hydrogen) atoms. The second-order valence-corrected chi connectivity index (χ2v) is 3.56. The van der Waals surface area contributed by atoms with E-state index in [0.717, 1.165) is 0 Å². The van der Waals surface area contributed by atoms with Gasteiger partial charge in [0.05, 0.1) is 5.41 Å². The van der Waals surface area contributed by atoms with E-state index in [-0.39, 0.29) is 5.91 Å². The van der Waals surface area contributed by atoms with E-state index in [4.69, 9.17) is 5.11 Å². The van der Waals surface area contributed by atoms with Gasteiger partial charge in [-0.05, 0) is 19.3 Å². The molecule has 74 valence electrons. The summed E-state index contributed by atoms with van der Waals surface area (Å²) >= 11 is 0. The lowest BCUT2D eigenvalue weighted by atomic mass is 9.80. The minimum atomic E-state index is -0.933. The minimum absolute atomic E-state index is 0.107. The van der Waals surface area contributed by atoms with E-state index < -0.39 is 17.4 Å². The largest absolute Gasteiger partial charge is 0.480 e. The number of carbonyl (C=O) groups is 2. The second kappa shape index (κ2) is 3.36. The summed E-state index contributed by atoms with van der Waals surface area (Å²) < 4.78 is 0. The average Bonchev–Trinajstić information content (AvgIpc) is 2.44. The first-order chi connectivity index (χ1) is 6.05. The van der Waals surface area contributed by atoms with Gasteiger partial charge in [-0.25, -0.2) is 4.79 Å². The maximum atomic E-state index is 11.5. The fraction of sp³-hybridized carbons (Fsp3) is 0.778. The molecule has 0 unspecified atom stereocenters. The standard InChI is InChI=1S/C9H15NO3/c1-3-9(4-2)5-6(7(11)12)10-8(9)13/h6H,3-5H2,1-2H3,(H,10,13)(H,11,12)/t6-/m0/s1. The number of hydrogen-bond acceptors (Lipinski definition) is 2. The van der Waals surface area contributed by atoms with Crippen molar-refractivity contribution >= 4 is 11.9 Å². The number of aliphatic carboxylic acids is 1. The molecule has 0 spiro atoms. The van der Waals surface area contributed by atoms with Crippen LogP contribution in [0, 0.1) is 5.41 Å². The molecule has 0 bridgehead atoms. The zero-order chi connectivity index (χ0) is 10.1. The van der Waals surface area contributed by atoms with Gasteiger partial charge < -0.3 is 10.4 Å². The van der Waals surface area contributed by atoms with Crippen molar-refractivity contribution in [1.82, 2.24) is 5.32 Å². The van der Waals surface area contributed by atoms with Crippen LogP contribution >= 0.6 is 0 Å². The van der Waals surface area contributed by atoms with Crippen LogP contribution in [-0.2, 0) is 9.59 Å². The molecule has 1 heterocycles. The van der Waals surface area contributed by atoms with Crippen molar-refractivity contribution in [2.45, 2.75) is 39.2 Å².